The number of nitrogens with one attached hydrogen (secondary N) is 1. The quantitative estimate of drug-likeness (QED) is 0.190. The van der Waals surface area contributed by atoms with Crippen LogP contribution in [0.3, 0.4) is 0 Å². The van der Waals surface area contributed by atoms with Gasteiger partial charge in [-0.05, 0) is 30.7 Å². The van der Waals surface area contributed by atoms with Gasteiger partial charge in [-0.25, -0.2) is 14.8 Å². The predicted molar refractivity (Wildman–Crippen MR) is 107 cm³/mol. The van der Waals surface area contributed by atoms with Crippen LogP contribution in [0.5, 0.6) is 0 Å². The van der Waals surface area contributed by atoms with Gasteiger partial charge < -0.3 is 34.8 Å². The lowest BCUT2D eigenvalue weighted by Gasteiger charge is -2.40. The number of rotatable bonds is 9. The first-order valence-corrected chi connectivity index (χ1v) is 9.40. The molecule has 0 radical (unpaired) electrons. The molecule has 1 fully saturated rings. The van der Waals surface area contributed by atoms with Crippen LogP contribution < -0.4 is 5.32 Å². The highest BCUT2D eigenvalue weighted by Crippen LogP contribution is 2.24. The molecule has 0 saturated carbocycles. The molecule has 0 spiro atoms. The molecule has 0 bridgehead atoms. The molecular formula is C20H27N3O7. The van der Waals surface area contributed by atoms with Crippen molar-refractivity contribution in [2.24, 2.45) is 0 Å². The molecule has 164 valence electrons. The third kappa shape index (κ3) is 6.10. The molecule has 1 aliphatic heterocycles. The summed E-state index contributed by atoms with van der Waals surface area (Å²) in [5.41, 5.74) is 0.408. The van der Waals surface area contributed by atoms with E-state index in [9.17, 15) is 20.1 Å². The van der Waals surface area contributed by atoms with Gasteiger partial charge in [0.05, 0.1) is 7.11 Å². The molecule has 1 saturated heterocycles. The second kappa shape index (κ2) is 11.4. The van der Waals surface area contributed by atoms with Crippen molar-refractivity contribution in [3.05, 3.63) is 54.6 Å². The molecule has 0 amide bonds. The lowest BCUT2D eigenvalue weighted by atomic mass is 9.99. The number of esters is 1. The third-order valence-electron chi connectivity index (χ3n) is 4.43. The smallest absolute Gasteiger partial charge is 0.333 e. The summed E-state index contributed by atoms with van der Waals surface area (Å²) in [4.78, 5) is 19.7. The number of aromatic nitrogens is 2. The zero-order valence-electron chi connectivity index (χ0n) is 16.8. The predicted octanol–water partition coefficient (Wildman–Crippen LogP) is 0.292. The van der Waals surface area contributed by atoms with E-state index >= 15 is 0 Å². The van der Waals surface area contributed by atoms with Crippen LogP contribution >= 0.6 is 0 Å². The van der Waals surface area contributed by atoms with Gasteiger partial charge in [-0.1, -0.05) is 13.5 Å². The standard InChI is InChI=1S/C20H27N3O7/c1-4-12(18(27)28-3)7-8-13(5-2)29-19-17(26)16(25)15(24)14(30-19)11-23-20-21-9-6-10-22-20/h5-10,14-17,19,24-26H,2,4,11H2,1,3H3,(H,21,22,23)/b12-7+,13-8+/t14?,15-,16?,17?,19+/m1/s1. The topological polar surface area (TPSA) is 143 Å². The van der Waals surface area contributed by atoms with Gasteiger partial charge in [-0.2, -0.15) is 0 Å². The van der Waals surface area contributed by atoms with Crippen LogP contribution in [0.15, 0.2) is 54.6 Å². The van der Waals surface area contributed by atoms with E-state index in [2.05, 4.69) is 21.9 Å². The average molecular weight is 421 g/mol. The molecule has 30 heavy (non-hydrogen) atoms. The minimum atomic E-state index is -1.51. The van der Waals surface area contributed by atoms with Crippen LogP contribution in [0, 0.1) is 0 Å². The highest BCUT2D eigenvalue weighted by molar-refractivity contribution is 5.88. The van der Waals surface area contributed by atoms with Crippen LogP contribution in [-0.2, 0) is 19.0 Å². The second-order valence-corrected chi connectivity index (χ2v) is 6.40. The van der Waals surface area contributed by atoms with E-state index in [0.29, 0.717) is 17.9 Å². The van der Waals surface area contributed by atoms with Crippen molar-refractivity contribution in [2.45, 2.75) is 44.1 Å². The largest absolute Gasteiger partial charge is 0.466 e. The van der Waals surface area contributed by atoms with E-state index in [4.69, 9.17) is 14.2 Å². The summed E-state index contributed by atoms with van der Waals surface area (Å²) >= 11 is 0. The number of carbonyl (C=O) groups excluding carboxylic acids is 1. The maximum atomic E-state index is 11.7. The van der Waals surface area contributed by atoms with Crippen LogP contribution in [-0.4, -0.2) is 75.6 Å². The Bertz CT molecular complexity index is 769. The fraction of sp³-hybridized carbons (Fsp3) is 0.450. The molecule has 1 aromatic heterocycles. The van der Waals surface area contributed by atoms with E-state index in [-0.39, 0.29) is 12.3 Å². The highest BCUT2D eigenvalue weighted by Gasteiger charge is 2.45. The lowest BCUT2D eigenvalue weighted by Crippen LogP contribution is -2.59. The van der Waals surface area contributed by atoms with Gasteiger partial charge in [0.2, 0.25) is 12.2 Å². The molecule has 1 aliphatic rings. The molecule has 3 unspecified atom stereocenters. The van der Waals surface area contributed by atoms with Gasteiger partial charge in [0.15, 0.2) is 0 Å². The number of carbonyl (C=O) groups is 1. The second-order valence-electron chi connectivity index (χ2n) is 6.40. The van der Waals surface area contributed by atoms with Crippen molar-refractivity contribution in [3.63, 3.8) is 0 Å². The Morgan fingerprint density at radius 2 is 1.93 bits per heavy atom. The maximum absolute atomic E-state index is 11.7. The number of methoxy groups -OCH3 is 1. The van der Waals surface area contributed by atoms with E-state index < -0.39 is 36.7 Å². The Morgan fingerprint density at radius 1 is 1.23 bits per heavy atom. The summed E-state index contributed by atoms with van der Waals surface area (Å²) in [6.07, 6.45) is 1.30. The summed E-state index contributed by atoms with van der Waals surface area (Å²) in [6, 6.07) is 1.66. The molecule has 1 aromatic rings. The fourth-order valence-electron chi connectivity index (χ4n) is 2.70. The summed E-state index contributed by atoms with van der Waals surface area (Å²) < 4.78 is 15.9. The molecular weight excluding hydrogens is 394 g/mol. The number of anilines is 1. The molecule has 10 nitrogen and oxygen atoms in total. The number of hydrogen-bond acceptors (Lipinski definition) is 10. The number of ether oxygens (including phenoxy) is 3. The first kappa shape index (κ1) is 23.5. The summed E-state index contributed by atoms with van der Waals surface area (Å²) in [5, 5.41) is 33.5. The van der Waals surface area contributed by atoms with Crippen molar-refractivity contribution >= 4 is 11.9 Å². The number of aliphatic hydroxyl groups excluding tert-OH is 3. The molecule has 2 heterocycles. The van der Waals surface area contributed by atoms with Crippen molar-refractivity contribution in [3.8, 4) is 0 Å². The van der Waals surface area contributed by atoms with E-state index in [1.165, 1.54) is 25.3 Å². The fourth-order valence-corrected chi connectivity index (χ4v) is 2.70. The molecule has 10 heteroatoms. The molecule has 0 aromatic carbocycles. The third-order valence-corrected chi connectivity index (χ3v) is 4.43. The minimum absolute atomic E-state index is 0.0597. The van der Waals surface area contributed by atoms with Crippen LogP contribution in [0.1, 0.15) is 13.3 Å². The number of aliphatic hydroxyl groups is 3. The van der Waals surface area contributed by atoms with Crippen LogP contribution in [0.2, 0.25) is 0 Å². The SMILES string of the molecule is C=C/C(=C\C=C(/CC)C(=O)OC)O[C@H]1OC(CNc2ncccn2)[C@@H](O)C(O)C1O. The first-order valence-electron chi connectivity index (χ1n) is 9.40. The average Bonchev–Trinajstić information content (AvgIpc) is 2.78. The Morgan fingerprint density at radius 3 is 2.53 bits per heavy atom. The van der Waals surface area contributed by atoms with E-state index in [0.717, 1.165) is 0 Å². The van der Waals surface area contributed by atoms with Crippen molar-refractivity contribution < 1.29 is 34.3 Å². The summed E-state index contributed by atoms with van der Waals surface area (Å²) in [5.74, 6) is 0.0348. The van der Waals surface area contributed by atoms with Gasteiger partial charge in [-0.15, -0.1) is 0 Å². The van der Waals surface area contributed by atoms with Crippen LogP contribution in [0.25, 0.3) is 0 Å². The van der Waals surface area contributed by atoms with Crippen LogP contribution in [0.4, 0.5) is 5.95 Å². The zero-order valence-corrected chi connectivity index (χ0v) is 16.8. The number of allylic oxidation sites excluding steroid dienone is 3. The Labute approximate surface area is 174 Å². The zero-order chi connectivity index (χ0) is 22.1. The number of nitrogens with zero attached hydrogens (tertiary/aromatic N) is 2. The summed E-state index contributed by atoms with van der Waals surface area (Å²) in [7, 11) is 1.29. The van der Waals surface area contributed by atoms with Gasteiger partial charge in [0.1, 0.15) is 30.2 Å². The molecule has 0 aliphatic carbocycles. The van der Waals surface area contributed by atoms with Crippen molar-refractivity contribution in [2.75, 3.05) is 19.0 Å². The highest BCUT2D eigenvalue weighted by atomic mass is 16.7. The molecule has 4 N–H and O–H groups in total. The molecule has 2 rings (SSSR count). The Hall–Kier alpha value is -2.79. The van der Waals surface area contributed by atoms with Gasteiger partial charge in [0.25, 0.3) is 0 Å². The normalized spacial score (nSPS) is 27.3. The van der Waals surface area contributed by atoms with E-state index in [1.807, 2.05) is 0 Å². The van der Waals surface area contributed by atoms with Gasteiger partial charge in [0, 0.05) is 24.5 Å². The van der Waals surface area contributed by atoms with Gasteiger partial charge in [-0.3, -0.25) is 0 Å². The summed E-state index contributed by atoms with van der Waals surface area (Å²) in [6.45, 7) is 5.49. The first-order chi connectivity index (χ1) is 14.4. The Kier molecular flexibility index (Phi) is 8.93. The van der Waals surface area contributed by atoms with E-state index in [1.54, 1.807) is 25.4 Å². The Balaban J connectivity index is 2.09. The molecule has 5 atom stereocenters. The van der Waals surface area contributed by atoms with Gasteiger partial charge >= 0.3 is 5.97 Å². The number of hydrogen-bond donors (Lipinski definition) is 4. The van der Waals surface area contributed by atoms with Crippen molar-refractivity contribution in [1.82, 2.24) is 9.97 Å². The minimum Gasteiger partial charge on any atom is -0.466 e. The lowest BCUT2D eigenvalue weighted by molar-refractivity contribution is -0.282. The van der Waals surface area contributed by atoms with Crippen molar-refractivity contribution in [1.29, 1.82) is 0 Å². The monoisotopic (exact) mass is 421 g/mol. The maximum Gasteiger partial charge on any atom is 0.333 e.